The second-order valence-corrected chi connectivity index (χ2v) is 7.52. The van der Waals surface area contributed by atoms with Crippen LogP contribution < -0.4 is 4.74 Å². The van der Waals surface area contributed by atoms with E-state index in [2.05, 4.69) is 4.98 Å². The number of hydrogen-bond acceptors (Lipinski definition) is 4. The Kier molecular flexibility index (Phi) is 3.35. The van der Waals surface area contributed by atoms with Crippen molar-refractivity contribution in [2.45, 2.75) is 48.2 Å². The van der Waals surface area contributed by atoms with Gasteiger partial charge in [0.1, 0.15) is 0 Å². The molecule has 2 fully saturated rings. The second kappa shape index (κ2) is 4.87. The molecular weight excluding hydrogens is 262 g/mol. The molecule has 4 nitrogen and oxygen atoms in total. The molecule has 2 aliphatic rings. The molecule has 2 unspecified atom stereocenters. The normalized spacial score (nSPS) is 37.9. The highest BCUT2D eigenvalue weighted by Crippen LogP contribution is 2.44. The Labute approximate surface area is 115 Å². The van der Waals surface area contributed by atoms with Gasteiger partial charge in [0.15, 0.2) is 0 Å². The van der Waals surface area contributed by atoms with Gasteiger partial charge >= 0.3 is 0 Å². The zero-order valence-corrected chi connectivity index (χ0v) is 11.9. The average molecular weight is 281 g/mol. The Morgan fingerprint density at radius 1 is 1.42 bits per heavy atom. The minimum Gasteiger partial charge on any atom is -0.481 e. The summed E-state index contributed by atoms with van der Waals surface area (Å²) in [4.78, 5) is 4.08. The molecule has 2 atom stereocenters. The third kappa shape index (κ3) is 2.30. The van der Waals surface area contributed by atoms with Crippen molar-refractivity contribution in [2.75, 3.05) is 7.11 Å². The number of pyridine rings is 1. The van der Waals surface area contributed by atoms with Crippen LogP contribution in [0.2, 0.25) is 0 Å². The van der Waals surface area contributed by atoms with Gasteiger partial charge in [0, 0.05) is 33.6 Å². The summed E-state index contributed by atoms with van der Waals surface area (Å²) in [5.41, 5.74) is -0.0344. The molecule has 1 aromatic heterocycles. The van der Waals surface area contributed by atoms with Crippen LogP contribution in [0.25, 0.3) is 0 Å². The van der Waals surface area contributed by atoms with Crippen LogP contribution in [0.3, 0.4) is 0 Å². The highest BCUT2D eigenvalue weighted by Gasteiger charge is 2.46. The largest absolute Gasteiger partial charge is 0.481 e. The Bertz CT molecular complexity index is 489. The third-order valence-corrected chi connectivity index (χ3v) is 6.44. The number of fused-ring (bicyclic) bond motifs is 2. The summed E-state index contributed by atoms with van der Waals surface area (Å²) in [6, 6.07) is 3.64. The molecule has 0 aromatic carbocycles. The van der Waals surface area contributed by atoms with Crippen molar-refractivity contribution in [3.63, 3.8) is 0 Å². The molecule has 5 heteroatoms. The minimum absolute atomic E-state index is 0.136. The van der Waals surface area contributed by atoms with Gasteiger partial charge in [-0.15, -0.1) is 0 Å². The van der Waals surface area contributed by atoms with Gasteiger partial charge < -0.3 is 9.84 Å². The van der Waals surface area contributed by atoms with Crippen LogP contribution in [0, 0.1) is 0 Å². The Morgan fingerprint density at radius 3 is 2.74 bits per heavy atom. The Morgan fingerprint density at radius 2 is 2.11 bits per heavy atom. The monoisotopic (exact) mass is 281 g/mol. The van der Waals surface area contributed by atoms with E-state index in [0.717, 1.165) is 24.8 Å². The molecule has 0 spiro atoms. The van der Waals surface area contributed by atoms with E-state index in [9.17, 15) is 9.32 Å². The number of aromatic nitrogens is 1. The first-order valence-electron chi connectivity index (χ1n) is 6.75. The predicted molar refractivity (Wildman–Crippen MR) is 73.5 cm³/mol. The van der Waals surface area contributed by atoms with Crippen molar-refractivity contribution in [1.82, 2.24) is 4.98 Å². The lowest BCUT2D eigenvalue weighted by Crippen LogP contribution is -2.47. The fraction of sp³-hybridized carbons (Fsp3) is 0.643. The molecule has 2 aliphatic heterocycles. The van der Waals surface area contributed by atoms with Gasteiger partial charge in [-0.2, -0.15) is 0 Å². The van der Waals surface area contributed by atoms with Gasteiger partial charge in [0.2, 0.25) is 5.88 Å². The zero-order valence-electron chi connectivity index (χ0n) is 11.0. The predicted octanol–water partition coefficient (Wildman–Crippen LogP) is 1.74. The SMILES string of the molecule is COc1cc(C2(O)CC3CCCC(C2)S3=O)ccn1. The van der Waals surface area contributed by atoms with Crippen molar-refractivity contribution in [2.24, 2.45) is 0 Å². The fourth-order valence-corrected chi connectivity index (χ4v) is 5.55. The van der Waals surface area contributed by atoms with Crippen molar-refractivity contribution in [1.29, 1.82) is 0 Å². The van der Waals surface area contributed by atoms with Crippen LogP contribution >= 0.6 is 0 Å². The van der Waals surface area contributed by atoms with E-state index in [-0.39, 0.29) is 10.5 Å². The van der Waals surface area contributed by atoms with Crippen LogP contribution in [-0.2, 0) is 16.4 Å². The van der Waals surface area contributed by atoms with Crippen LogP contribution in [-0.4, -0.2) is 31.9 Å². The molecule has 2 saturated heterocycles. The molecule has 0 radical (unpaired) electrons. The van der Waals surface area contributed by atoms with E-state index in [1.165, 1.54) is 0 Å². The minimum atomic E-state index is -0.875. The van der Waals surface area contributed by atoms with Crippen molar-refractivity contribution in [3.05, 3.63) is 23.9 Å². The molecule has 3 heterocycles. The summed E-state index contributed by atoms with van der Waals surface area (Å²) in [5.74, 6) is 0.516. The Hall–Kier alpha value is -0.940. The molecule has 19 heavy (non-hydrogen) atoms. The first kappa shape index (κ1) is 13.1. The maximum Gasteiger partial charge on any atom is 0.213 e. The number of hydrogen-bond donors (Lipinski definition) is 1. The lowest BCUT2D eigenvalue weighted by atomic mass is 9.81. The number of ether oxygens (including phenoxy) is 1. The third-order valence-electron chi connectivity index (χ3n) is 4.32. The molecule has 0 saturated carbocycles. The summed E-state index contributed by atoms with van der Waals surface area (Å²) >= 11 is 0. The lowest BCUT2D eigenvalue weighted by Gasteiger charge is -2.43. The van der Waals surface area contributed by atoms with Gasteiger partial charge in [-0.3, -0.25) is 4.21 Å². The summed E-state index contributed by atoms with van der Waals surface area (Å²) in [7, 11) is 0.800. The molecule has 104 valence electrons. The molecule has 0 amide bonds. The number of aliphatic hydroxyl groups is 1. The summed E-state index contributed by atoms with van der Waals surface area (Å²) in [5, 5.41) is 11.2. The molecule has 1 aromatic rings. The summed E-state index contributed by atoms with van der Waals surface area (Å²) < 4.78 is 17.3. The average Bonchev–Trinajstić information content (AvgIpc) is 2.41. The van der Waals surface area contributed by atoms with Gasteiger partial charge in [-0.1, -0.05) is 6.42 Å². The van der Waals surface area contributed by atoms with Crippen molar-refractivity contribution < 1.29 is 14.1 Å². The maximum atomic E-state index is 12.2. The van der Waals surface area contributed by atoms with Gasteiger partial charge in [0.25, 0.3) is 0 Å². The highest BCUT2D eigenvalue weighted by molar-refractivity contribution is 7.86. The number of nitrogens with zero attached hydrogens (tertiary/aromatic N) is 1. The quantitative estimate of drug-likeness (QED) is 0.897. The van der Waals surface area contributed by atoms with Crippen LogP contribution in [0.4, 0.5) is 0 Å². The fourth-order valence-electron chi connectivity index (χ4n) is 3.33. The van der Waals surface area contributed by atoms with Crippen molar-refractivity contribution >= 4 is 10.8 Å². The summed E-state index contributed by atoms with van der Waals surface area (Å²) in [6.07, 6.45) is 5.90. The Balaban J connectivity index is 1.92. The summed E-state index contributed by atoms with van der Waals surface area (Å²) in [6.45, 7) is 0. The zero-order chi connectivity index (χ0) is 13.5. The molecule has 0 aliphatic carbocycles. The van der Waals surface area contributed by atoms with E-state index < -0.39 is 16.4 Å². The number of rotatable bonds is 2. The standard InChI is InChI=1S/C14H19NO3S/c1-18-13-7-10(5-6-15-13)14(16)8-11-3-2-4-12(9-14)19(11)17/h5-7,11-12,16H,2-4,8-9H2,1H3. The van der Waals surface area contributed by atoms with Crippen LogP contribution in [0.5, 0.6) is 5.88 Å². The first-order chi connectivity index (χ1) is 9.12. The number of methoxy groups -OCH3 is 1. The van der Waals surface area contributed by atoms with Crippen LogP contribution in [0.15, 0.2) is 18.3 Å². The molecular formula is C14H19NO3S. The van der Waals surface area contributed by atoms with E-state index in [1.54, 1.807) is 19.4 Å². The van der Waals surface area contributed by atoms with E-state index in [4.69, 9.17) is 4.74 Å². The highest BCUT2D eigenvalue weighted by atomic mass is 32.2. The topological polar surface area (TPSA) is 59.4 Å². The smallest absolute Gasteiger partial charge is 0.213 e. The molecule has 3 rings (SSSR count). The lowest BCUT2D eigenvalue weighted by molar-refractivity contribution is 0.00626. The van der Waals surface area contributed by atoms with E-state index >= 15 is 0 Å². The van der Waals surface area contributed by atoms with Crippen LogP contribution in [0.1, 0.15) is 37.7 Å². The van der Waals surface area contributed by atoms with Gasteiger partial charge in [-0.05, 0) is 37.3 Å². The van der Waals surface area contributed by atoms with E-state index in [0.29, 0.717) is 18.7 Å². The van der Waals surface area contributed by atoms with Gasteiger partial charge in [0.05, 0.1) is 12.7 Å². The first-order valence-corrected chi connectivity index (χ1v) is 8.02. The second-order valence-electron chi connectivity index (χ2n) is 5.53. The maximum absolute atomic E-state index is 12.2. The van der Waals surface area contributed by atoms with Gasteiger partial charge in [-0.25, -0.2) is 4.98 Å². The van der Waals surface area contributed by atoms with Crippen molar-refractivity contribution in [3.8, 4) is 5.88 Å². The van der Waals surface area contributed by atoms with E-state index in [1.807, 2.05) is 6.07 Å². The molecule has 2 bridgehead atoms. The molecule has 1 N–H and O–H groups in total.